The van der Waals surface area contributed by atoms with Gasteiger partial charge in [-0.05, 0) is 18.9 Å². The lowest BCUT2D eigenvalue weighted by Crippen LogP contribution is -2.36. The third-order valence-electron chi connectivity index (χ3n) is 4.39. The number of carbonyl (C=O) groups is 1. The lowest BCUT2D eigenvalue weighted by molar-refractivity contribution is -0.141. The van der Waals surface area contributed by atoms with Crippen molar-refractivity contribution >= 4 is 11.6 Å². The van der Waals surface area contributed by atoms with Crippen LogP contribution in [-0.4, -0.2) is 33.5 Å². The van der Waals surface area contributed by atoms with Gasteiger partial charge in [0.1, 0.15) is 5.82 Å². The van der Waals surface area contributed by atoms with E-state index in [9.17, 15) is 18.0 Å². The van der Waals surface area contributed by atoms with Gasteiger partial charge in [-0.15, -0.1) is 0 Å². The van der Waals surface area contributed by atoms with Crippen LogP contribution in [0, 0.1) is 0 Å². The minimum atomic E-state index is -4.46. The van der Waals surface area contributed by atoms with Crippen molar-refractivity contribution in [2.75, 3.05) is 18.0 Å². The molecule has 0 spiro atoms. The van der Waals surface area contributed by atoms with Gasteiger partial charge in [0.15, 0.2) is 5.69 Å². The van der Waals surface area contributed by atoms with Crippen LogP contribution in [0.4, 0.5) is 18.9 Å². The molecular formula is C16H18F3N5O. The first kappa shape index (κ1) is 17.2. The number of carbonyl (C=O) groups excluding carboxylic acids is 1. The quantitative estimate of drug-likeness (QED) is 0.919. The highest BCUT2D eigenvalue weighted by Crippen LogP contribution is 2.34. The van der Waals surface area contributed by atoms with E-state index in [0.29, 0.717) is 30.2 Å². The summed E-state index contributed by atoms with van der Waals surface area (Å²) >= 11 is 0. The SMILES string of the molecule is Cn1cc(C(F)(F)F)nc1[C@H]1CCCN(c2ccncc2C(N)=O)C1. The van der Waals surface area contributed by atoms with E-state index in [4.69, 9.17) is 5.73 Å². The summed E-state index contributed by atoms with van der Waals surface area (Å²) in [5.41, 5.74) is 5.46. The highest BCUT2D eigenvalue weighted by molar-refractivity contribution is 5.98. The number of imidazole rings is 1. The molecule has 0 aliphatic carbocycles. The van der Waals surface area contributed by atoms with Crippen LogP contribution in [0.2, 0.25) is 0 Å². The van der Waals surface area contributed by atoms with Gasteiger partial charge in [0, 0.05) is 44.6 Å². The van der Waals surface area contributed by atoms with Gasteiger partial charge in [-0.25, -0.2) is 4.98 Å². The Morgan fingerprint density at radius 3 is 2.80 bits per heavy atom. The van der Waals surface area contributed by atoms with Crippen molar-refractivity contribution in [1.29, 1.82) is 0 Å². The van der Waals surface area contributed by atoms with Gasteiger partial charge in [-0.1, -0.05) is 0 Å². The molecule has 0 aromatic carbocycles. The molecule has 134 valence electrons. The predicted molar refractivity (Wildman–Crippen MR) is 85.2 cm³/mol. The zero-order chi connectivity index (χ0) is 18.2. The molecular weight excluding hydrogens is 335 g/mol. The molecule has 2 N–H and O–H groups in total. The Kier molecular flexibility index (Phi) is 4.40. The van der Waals surface area contributed by atoms with Crippen molar-refractivity contribution in [2.45, 2.75) is 24.9 Å². The van der Waals surface area contributed by atoms with Gasteiger partial charge in [0.05, 0.1) is 11.3 Å². The van der Waals surface area contributed by atoms with Gasteiger partial charge < -0.3 is 15.2 Å². The van der Waals surface area contributed by atoms with Gasteiger partial charge in [-0.3, -0.25) is 9.78 Å². The van der Waals surface area contributed by atoms with E-state index in [1.807, 2.05) is 4.90 Å². The number of rotatable bonds is 3. The summed E-state index contributed by atoms with van der Waals surface area (Å²) in [6.07, 6.45) is 1.02. The van der Waals surface area contributed by atoms with Gasteiger partial charge >= 0.3 is 6.18 Å². The molecule has 1 atom stereocenters. The Labute approximate surface area is 142 Å². The molecule has 25 heavy (non-hydrogen) atoms. The maximum atomic E-state index is 12.9. The minimum absolute atomic E-state index is 0.163. The lowest BCUT2D eigenvalue weighted by Gasteiger charge is -2.34. The smallest absolute Gasteiger partial charge is 0.370 e. The normalized spacial score (nSPS) is 18.4. The van der Waals surface area contributed by atoms with Crippen molar-refractivity contribution < 1.29 is 18.0 Å². The summed E-state index contributed by atoms with van der Waals surface area (Å²) in [7, 11) is 1.57. The average Bonchev–Trinajstić information content (AvgIpc) is 2.97. The van der Waals surface area contributed by atoms with Crippen molar-refractivity contribution in [1.82, 2.24) is 14.5 Å². The number of nitrogens with zero attached hydrogens (tertiary/aromatic N) is 4. The molecule has 1 aliphatic rings. The van der Waals surface area contributed by atoms with Crippen LogP contribution >= 0.6 is 0 Å². The first-order valence-corrected chi connectivity index (χ1v) is 7.86. The number of nitrogens with two attached hydrogens (primary N) is 1. The highest BCUT2D eigenvalue weighted by Gasteiger charge is 2.36. The third-order valence-corrected chi connectivity index (χ3v) is 4.39. The summed E-state index contributed by atoms with van der Waals surface area (Å²) in [4.78, 5) is 21.3. The van der Waals surface area contributed by atoms with Crippen LogP contribution in [0.5, 0.6) is 0 Å². The molecule has 1 fully saturated rings. The van der Waals surface area contributed by atoms with Crippen LogP contribution in [0.15, 0.2) is 24.7 Å². The van der Waals surface area contributed by atoms with Crippen LogP contribution in [0.3, 0.4) is 0 Å². The maximum absolute atomic E-state index is 12.9. The van der Waals surface area contributed by atoms with Gasteiger partial charge in [-0.2, -0.15) is 13.2 Å². The fraction of sp³-hybridized carbons (Fsp3) is 0.438. The molecule has 6 nitrogen and oxygen atoms in total. The highest BCUT2D eigenvalue weighted by atomic mass is 19.4. The number of pyridine rings is 1. The zero-order valence-corrected chi connectivity index (χ0v) is 13.6. The van der Waals surface area contributed by atoms with E-state index in [0.717, 1.165) is 19.0 Å². The van der Waals surface area contributed by atoms with Crippen molar-refractivity contribution in [3.63, 3.8) is 0 Å². The summed E-state index contributed by atoms with van der Waals surface area (Å²) in [5.74, 6) is -0.350. The first-order chi connectivity index (χ1) is 11.8. The van der Waals surface area contributed by atoms with Gasteiger partial charge in [0.2, 0.25) is 0 Å². The largest absolute Gasteiger partial charge is 0.434 e. The fourth-order valence-corrected chi connectivity index (χ4v) is 3.26. The van der Waals surface area contributed by atoms with Crippen LogP contribution in [0.25, 0.3) is 0 Å². The summed E-state index contributed by atoms with van der Waals surface area (Å²) in [6, 6.07) is 1.70. The molecule has 1 aliphatic heterocycles. The molecule has 0 saturated carbocycles. The number of amides is 1. The molecule has 0 radical (unpaired) electrons. The molecule has 1 amide bonds. The second-order valence-corrected chi connectivity index (χ2v) is 6.14. The summed E-state index contributed by atoms with van der Waals surface area (Å²) in [6.45, 7) is 1.16. The number of hydrogen-bond acceptors (Lipinski definition) is 4. The van der Waals surface area contributed by atoms with E-state index in [1.165, 1.54) is 10.8 Å². The Hall–Kier alpha value is -2.58. The Morgan fingerprint density at radius 2 is 2.16 bits per heavy atom. The number of aromatic nitrogens is 3. The van der Waals surface area contributed by atoms with Crippen LogP contribution < -0.4 is 10.6 Å². The number of halogens is 3. The number of aryl methyl sites for hydroxylation is 1. The number of anilines is 1. The summed E-state index contributed by atoms with van der Waals surface area (Å²) in [5, 5.41) is 0. The molecule has 3 heterocycles. The fourth-order valence-electron chi connectivity index (χ4n) is 3.26. The molecule has 2 aromatic rings. The number of piperidine rings is 1. The zero-order valence-electron chi connectivity index (χ0n) is 13.6. The van der Waals surface area contributed by atoms with Crippen LogP contribution in [0.1, 0.15) is 40.6 Å². The number of hydrogen-bond donors (Lipinski definition) is 1. The number of alkyl halides is 3. The molecule has 0 bridgehead atoms. The first-order valence-electron chi connectivity index (χ1n) is 7.86. The topological polar surface area (TPSA) is 77.0 Å². The minimum Gasteiger partial charge on any atom is -0.370 e. The van der Waals surface area contributed by atoms with Crippen molar-refractivity contribution in [2.24, 2.45) is 12.8 Å². The molecule has 2 aromatic heterocycles. The molecule has 0 unspecified atom stereocenters. The van der Waals surface area contributed by atoms with E-state index in [1.54, 1.807) is 19.3 Å². The Bertz CT molecular complexity index is 786. The van der Waals surface area contributed by atoms with Crippen molar-refractivity contribution in [3.05, 3.63) is 41.7 Å². The van der Waals surface area contributed by atoms with E-state index < -0.39 is 17.8 Å². The second-order valence-electron chi connectivity index (χ2n) is 6.14. The van der Waals surface area contributed by atoms with Gasteiger partial charge in [0.25, 0.3) is 5.91 Å². The average molecular weight is 353 g/mol. The molecule has 1 saturated heterocycles. The van der Waals surface area contributed by atoms with E-state index in [2.05, 4.69) is 9.97 Å². The predicted octanol–water partition coefficient (Wildman–Crippen LogP) is 2.32. The summed E-state index contributed by atoms with van der Waals surface area (Å²) < 4.78 is 40.1. The molecule has 3 rings (SSSR count). The van der Waals surface area contributed by atoms with E-state index in [-0.39, 0.29) is 5.92 Å². The third kappa shape index (κ3) is 3.45. The Morgan fingerprint density at radius 1 is 1.40 bits per heavy atom. The maximum Gasteiger partial charge on any atom is 0.434 e. The molecule has 9 heteroatoms. The second kappa shape index (κ2) is 6.38. The van der Waals surface area contributed by atoms with Crippen LogP contribution in [-0.2, 0) is 13.2 Å². The number of primary amides is 1. The van der Waals surface area contributed by atoms with E-state index >= 15 is 0 Å². The Balaban J connectivity index is 1.88. The monoisotopic (exact) mass is 353 g/mol. The van der Waals surface area contributed by atoms with Crippen molar-refractivity contribution in [3.8, 4) is 0 Å². The standard InChI is InChI=1S/C16H18F3N5O/c1-23-9-13(16(17,18)19)22-15(23)10-3-2-6-24(8-10)12-4-5-21-7-11(12)14(20)25/h4-5,7,9-10H,2-3,6,8H2,1H3,(H2,20,25)/t10-/m0/s1. The lowest BCUT2D eigenvalue weighted by atomic mass is 9.96.